The lowest BCUT2D eigenvalue weighted by Gasteiger charge is -2.29. The highest BCUT2D eigenvalue weighted by atomic mass is 32.1. The molecule has 0 aliphatic carbocycles. The number of nitrogens with one attached hydrogen (secondary N) is 1. The van der Waals surface area contributed by atoms with Gasteiger partial charge in [-0.3, -0.25) is 15.1 Å². The standard InChI is InChI=1S/C18H22N4O3S/c1-11-5-6-12(9-19-11)15(23)21-16-20-13-7-8-22(10-14(13)26-16)17(24)25-18(2,3)4/h5-6,9H,7-8,10H2,1-4H3,(H,20,21,23). The number of hydrogen-bond acceptors (Lipinski definition) is 6. The molecule has 0 spiro atoms. The normalized spacial score (nSPS) is 13.9. The van der Waals surface area contributed by atoms with Crippen molar-refractivity contribution in [3.8, 4) is 0 Å². The Bertz CT molecular complexity index is 824. The van der Waals surface area contributed by atoms with Crippen LogP contribution in [0.5, 0.6) is 0 Å². The van der Waals surface area contributed by atoms with E-state index < -0.39 is 5.60 Å². The van der Waals surface area contributed by atoms with Crippen molar-refractivity contribution >= 4 is 28.5 Å². The van der Waals surface area contributed by atoms with Gasteiger partial charge in [0.25, 0.3) is 5.91 Å². The highest BCUT2D eigenvalue weighted by Gasteiger charge is 2.28. The van der Waals surface area contributed by atoms with Crippen molar-refractivity contribution in [3.63, 3.8) is 0 Å². The molecule has 7 nitrogen and oxygen atoms in total. The van der Waals surface area contributed by atoms with Crippen LogP contribution in [0.4, 0.5) is 9.93 Å². The molecule has 2 amide bonds. The number of fused-ring (bicyclic) bond motifs is 1. The zero-order chi connectivity index (χ0) is 18.9. The zero-order valence-electron chi connectivity index (χ0n) is 15.3. The quantitative estimate of drug-likeness (QED) is 0.871. The first-order valence-corrected chi connectivity index (χ1v) is 9.23. The van der Waals surface area contributed by atoms with E-state index in [9.17, 15) is 9.59 Å². The number of pyridine rings is 1. The Kier molecular flexibility index (Phi) is 4.95. The summed E-state index contributed by atoms with van der Waals surface area (Å²) >= 11 is 1.39. The maximum Gasteiger partial charge on any atom is 0.410 e. The predicted octanol–water partition coefficient (Wildman–Crippen LogP) is 3.39. The molecule has 0 saturated carbocycles. The summed E-state index contributed by atoms with van der Waals surface area (Å²) in [6.45, 7) is 8.42. The van der Waals surface area contributed by atoms with Crippen LogP contribution in [-0.4, -0.2) is 39.0 Å². The third-order valence-electron chi connectivity index (χ3n) is 3.78. The van der Waals surface area contributed by atoms with Crippen molar-refractivity contribution in [3.05, 3.63) is 40.2 Å². The first-order valence-electron chi connectivity index (χ1n) is 8.42. The molecule has 3 rings (SSSR count). The van der Waals surface area contributed by atoms with E-state index in [1.807, 2.05) is 27.7 Å². The van der Waals surface area contributed by atoms with Gasteiger partial charge in [-0.05, 0) is 39.8 Å². The third-order valence-corrected chi connectivity index (χ3v) is 4.77. The fourth-order valence-corrected chi connectivity index (χ4v) is 3.52. The second-order valence-electron chi connectivity index (χ2n) is 7.18. The zero-order valence-corrected chi connectivity index (χ0v) is 16.1. The second-order valence-corrected chi connectivity index (χ2v) is 8.27. The Balaban J connectivity index is 1.66. The average molecular weight is 374 g/mol. The monoisotopic (exact) mass is 374 g/mol. The lowest BCUT2D eigenvalue weighted by molar-refractivity contribution is 0.0225. The summed E-state index contributed by atoms with van der Waals surface area (Å²) in [5, 5.41) is 3.34. The topological polar surface area (TPSA) is 84.4 Å². The van der Waals surface area contributed by atoms with E-state index in [4.69, 9.17) is 4.74 Å². The fraction of sp³-hybridized carbons (Fsp3) is 0.444. The van der Waals surface area contributed by atoms with Gasteiger partial charge in [-0.1, -0.05) is 11.3 Å². The van der Waals surface area contributed by atoms with E-state index in [1.54, 1.807) is 23.2 Å². The third kappa shape index (κ3) is 4.37. The summed E-state index contributed by atoms with van der Waals surface area (Å²) in [7, 11) is 0. The Morgan fingerprint density at radius 3 is 2.73 bits per heavy atom. The van der Waals surface area contributed by atoms with Crippen molar-refractivity contribution in [2.24, 2.45) is 0 Å². The molecule has 0 atom stereocenters. The molecule has 0 radical (unpaired) electrons. The van der Waals surface area contributed by atoms with Crippen LogP contribution < -0.4 is 5.32 Å². The maximum atomic E-state index is 12.3. The number of amides is 2. The van der Waals surface area contributed by atoms with Gasteiger partial charge < -0.3 is 9.64 Å². The van der Waals surface area contributed by atoms with E-state index >= 15 is 0 Å². The molecule has 0 bridgehead atoms. The minimum absolute atomic E-state index is 0.243. The second kappa shape index (κ2) is 7.03. The van der Waals surface area contributed by atoms with E-state index in [-0.39, 0.29) is 12.0 Å². The first-order chi connectivity index (χ1) is 12.2. The van der Waals surface area contributed by atoms with Crippen molar-refractivity contribution in [1.82, 2.24) is 14.9 Å². The molecule has 1 aliphatic rings. The summed E-state index contributed by atoms with van der Waals surface area (Å²) in [5.74, 6) is -0.243. The van der Waals surface area contributed by atoms with E-state index in [1.165, 1.54) is 11.3 Å². The molecular weight excluding hydrogens is 352 g/mol. The summed E-state index contributed by atoms with van der Waals surface area (Å²) in [6.07, 6.45) is 1.86. The minimum Gasteiger partial charge on any atom is -0.444 e. The number of thiazole rings is 1. The van der Waals surface area contributed by atoms with Crippen LogP contribution in [0.3, 0.4) is 0 Å². The fourth-order valence-electron chi connectivity index (χ4n) is 2.50. The van der Waals surface area contributed by atoms with Crippen molar-refractivity contribution in [1.29, 1.82) is 0 Å². The number of hydrogen-bond donors (Lipinski definition) is 1. The van der Waals surface area contributed by atoms with E-state index in [2.05, 4.69) is 15.3 Å². The smallest absolute Gasteiger partial charge is 0.410 e. The van der Waals surface area contributed by atoms with Crippen LogP contribution >= 0.6 is 11.3 Å². The SMILES string of the molecule is Cc1ccc(C(=O)Nc2nc3c(s2)CN(C(=O)OC(C)(C)C)CC3)cn1. The van der Waals surface area contributed by atoms with Gasteiger partial charge in [0.1, 0.15) is 5.60 Å². The molecule has 1 N–H and O–H groups in total. The Morgan fingerprint density at radius 2 is 2.08 bits per heavy atom. The van der Waals surface area contributed by atoms with E-state index in [0.29, 0.717) is 30.2 Å². The molecule has 0 fully saturated rings. The number of anilines is 1. The van der Waals surface area contributed by atoms with Crippen LogP contribution in [0.1, 0.15) is 47.4 Å². The molecule has 26 heavy (non-hydrogen) atoms. The number of carbonyl (C=O) groups is 2. The maximum absolute atomic E-state index is 12.3. The van der Waals surface area contributed by atoms with Gasteiger partial charge in [-0.25, -0.2) is 9.78 Å². The van der Waals surface area contributed by atoms with Gasteiger partial charge in [0, 0.05) is 29.7 Å². The highest BCUT2D eigenvalue weighted by molar-refractivity contribution is 7.15. The Morgan fingerprint density at radius 1 is 1.31 bits per heavy atom. The van der Waals surface area contributed by atoms with Crippen LogP contribution in [0.2, 0.25) is 0 Å². The summed E-state index contributed by atoms with van der Waals surface area (Å²) in [6, 6.07) is 3.52. The molecule has 138 valence electrons. The molecule has 0 saturated heterocycles. The molecule has 2 aromatic heterocycles. The lowest BCUT2D eigenvalue weighted by Crippen LogP contribution is -2.39. The number of nitrogens with zero attached hydrogens (tertiary/aromatic N) is 3. The predicted molar refractivity (Wildman–Crippen MR) is 99.4 cm³/mol. The van der Waals surface area contributed by atoms with Gasteiger partial charge >= 0.3 is 6.09 Å². The van der Waals surface area contributed by atoms with Gasteiger partial charge in [0.15, 0.2) is 5.13 Å². The Hall–Kier alpha value is -2.48. The summed E-state index contributed by atoms with van der Waals surface area (Å²) in [4.78, 5) is 35.8. The molecule has 2 aromatic rings. The lowest BCUT2D eigenvalue weighted by atomic mass is 10.2. The van der Waals surface area contributed by atoms with Gasteiger partial charge in [0.05, 0.1) is 17.8 Å². The minimum atomic E-state index is -0.522. The van der Waals surface area contributed by atoms with Crippen molar-refractivity contribution in [2.75, 3.05) is 11.9 Å². The van der Waals surface area contributed by atoms with Crippen LogP contribution in [-0.2, 0) is 17.7 Å². The number of aromatic nitrogens is 2. The molecule has 3 heterocycles. The molecule has 0 aromatic carbocycles. The molecule has 1 aliphatic heterocycles. The summed E-state index contributed by atoms with van der Waals surface area (Å²) < 4.78 is 5.43. The number of aryl methyl sites for hydroxylation is 1. The van der Waals surface area contributed by atoms with Crippen LogP contribution in [0.15, 0.2) is 18.3 Å². The largest absolute Gasteiger partial charge is 0.444 e. The van der Waals surface area contributed by atoms with Crippen molar-refractivity contribution in [2.45, 2.75) is 46.3 Å². The van der Waals surface area contributed by atoms with Gasteiger partial charge in [0.2, 0.25) is 0 Å². The van der Waals surface area contributed by atoms with Crippen LogP contribution in [0, 0.1) is 6.92 Å². The number of rotatable bonds is 2. The van der Waals surface area contributed by atoms with Crippen LogP contribution in [0.25, 0.3) is 0 Å². The Labute approximate surface area is 156 Å². The molecule has 0 unspecified atom stereocenters. The van der Waals surface area contributed by atoms with Crippen molar-refractivity contribution < 1.29 is 14.3 Å². The average Bonchev–Trinajstić information content (AvgIpc) is 2.95. The highest BCUT2D eigenvalue weighted by Crippen LogP contribution is 2.29. The number of ether oxygens (including phenoxy) is 1. The first kappa shape index (κ1) is 18.3. The van der Waals surface area contributed by atoms with E-state index in [0.717, 1.165) is 16.3 Å². The summed E-state index contributed by atoms with van der Waals surface area (Å²) in [5.41, 5.74) is 1.74. The van der Waals surface area contributed by atoms with Gasteiger partial charge in [-0.15, -0.1) is 0 Å². The number of carbonyl (C=O) groups excluding carboxylic acids is 2. The van der Waals surface area contributed by atoms with Gasteiger partial charge in [-0.2, -0.15) is 0 Å². The molecule has 8 heteroatoms. The molecular formula is C18H22N4O3S.